The van der Waals surface area contributed by atoms with Gasteiger partial charge in [-0.05, 0) is 239 Å². The minimum atomic E-state index is -1.06. The van der Waals surface area contributed by atoms with E-state index in [2.05, 4.69) is 42.0 Å². The lowest BCUT2D eigenvalue weighted by atomic mass is 10.0. The van der Waals surface area contributed by atoms with Gasteiger partial charge in [0.1, 0.15) is 52.6 Å². The van der Waals surface area contributed by atoms with Gasteiger partial charge in [0.15, 0.2) is 5.69 Å². The molecule has 0 spiro atoms. The smallest absolute Gasteiger partial charge is 0.338 e. The van der Waals surface area contributed by atoms with Crippen LogP contribution in [0.25, 0.3) is 38.2 Å². The van der Waals surface area contributed by atoms with Gasteiger partial charge in [0.25, 0.3) is 22.2 Å². The molecule has 11 N–H and O–H groups in total. The second-order valence-corrected chi connectivity index (χ2v) is 38.0. The highest BCUT2D eigenvalue weighted by atomic mass is 79.9. The molecule has 15 rings (SSSR count). The van der Waals surface area contributed by atoms with Crippen LogP contribution in [0, 0.1) is 17.4 Å². The lowest BCUT2D eigenvalue weighted by Crippen LogP contribution is -2.34. The van der Waals surface area contributed by atoms with E-state index in [4.69, 9.17) is 48.2 Å². The number of hydrogen-bond donors (Lipinski definition) is 9. The second kappa shape index (κ2) is 49.5. The number of aromatic carboxylic acids is 1. The van der Waals surface area contributed by atoms with Gasteiger partial charge < -0.3 is 70.3 Å². The van der Waals surface area contributed by atoms with E-state index < -0.39 is 70.8 Å². The fourth-order valence-corrected chi connectivity index (χ4v) is 15.5. The molecule has 0 radical (unpaired) electrons. The minimum absolute atomic E-state index is 0.0313. The molecule has 11 aromatic carbocycles. The van der Waals surface area contributed by atoms with Gasteiger partial charge in [0, 0.05) is 113 Å². The first-order valence-electron chi connectivity index (χ1n) is 46.7. The molecule has 4 unspecified atom stereocenters. The van der Waals surface area contributed by atoms with Crippen molar-refractivity contribution in [3.63, 3.8) is 0 Å². The van der Waals surface area contributed by atoms with E-state index >= 15 is 0 Å². The lowest BCUT2D eigenvalue weighted by molar-refractivity contribution is -0.120. The van der Waals surface area contributed by atoms with E-state index in [1.165, 1.54) is 66.8 Å². The van der Waals surface area contributed by atoms with Gasteiger partial charge in [-0.15, -0.1) is 0 Å². The van der Waals surface area contributed by atoms with Crippen LogP contribution in [0.15, 0.2) is 388 Å². The molecule has 0 saturated heterocycles. The van der Waals surface area contributed by atoms with Gasteiger partial charge in [-0.1, -0.05) is 210 Å². The number of anilines is 4. The van der Waals surface area contributed by atoms with E-state index in [0.29, 0.717) is 96.7 Å². The molecule has 746 valence electrons. The Morgan fingerprint density at radius 3 is 0.762 bits per heavy atom. The summed E-state index contributed by atoms with van der Waals surface area (Å²) in [6, 6.07) is 93.8. The first kappa shape index (κ1) is 108. The number of carboxylic acid groups (broad SMARTS) is 1. The van der Waals surface area contributed by atoms with Crippen molar-refractivity contribution in [3.05, 3.63) is 477 Å². The normalized spacial score (nSPS) is 11.8. The number of carbonyl (C=O) groups is 8. The lowest BCUT2D eigenvalue weighted by Gasteiger charge is -2.21. The van der Waals surface area contributed by atoms with Gasteiger partial charge in [-0.3, -0.25) is 49.2 Å². The van der Waals surface area contributed by atoms with Crippen LogP contribution < -0.4 is 55.0 Å². The van der Waals surface area contributed by atoms with Crippen LogP contribution in [0.5, 0.6) is 0 Å². The van der Waals surface area contributed by atoms with E-state index in [1.54, 1.807) is 257 Å². The molecule has 15 aromatic rings. The van der Waals surface area contributed by atoms with Crippen molar-refractivity contribution < 1.29 is 57.7 Å². The molecule has 0 bridgehead atoms. The number of benzene rings is 11. The molecule has 30 heteroatoms. The van der Waals surface area contributed by atoms with Gasteiger partial charge in [-0.25, -0.2) is 24.0 Å². The van der Waals surface area contributed by atoms with Crippen LogP contribution in [-0.2, 0) is 59.1 Å². The summed E-state index contributed by atoms with van der Waals surface area (Å²) in [5.41, 5.74) is 20.9. The molecule has 4 heterocycles. The van der Waals surface area contributed by atoms with Crippen LogP contribution in [0.4, 0.5) is 28.4 Å². The van der Waals surface area contributed by atoms with Crippen LogP contribution in [0.1, 0.15) is 161 Å². The Kier molecular flexibility index (Phi) is 36.3. The molecule has 29 nitrogen and oxygen atoms in total. The number of carbonyl (C=O) groups excluding carboxylic acids is 7. The van der Waals surface area contributed by atoms with Gasteiger partial charge in [0.2, 0.25) is 23.6 Å². The highest BCUT2D eigenvalue weighted by Crippen LogP contribution is 2.30. The third kappa shape index (κ3) is 31.7. The van der Waals surface area contributed by atoms with E-state index in [-0.39, 0.29) is 63.6 Å². The van der Waals surface area contributed by atoms with Gasteiger partial charge in [0.05, 0.1) is 28.8 Å². The van der Waals surface area contributed by atoms with Crippen LogP contribution in [0.3, 0.4) is 0 Å². The number of carboxylic acids is 1. The molecule has 147 heavy (non-hydrogen) atoms. The molecule has 0 aliphatic heterocycles. The summed E-state index contributed by atoms with van der Waals surface area (Å²) in [5.74, 6) is -3.91. The van der Waals surface area contributed by atoms with Crippen molar-refractivity contribution >= 4 is 104 Å². The van der Waals surface area contributed by atoms with E-state index in [9.17, 15) is 57.5 Å². The highest BCUT2D eigenvalue weighted by Gasteiger charge is 2.30. The average Bonchev–Trinajstić information content (AvgIpc) is 0.804. The van der Waals surface area contributed by atoms with E-state index in [1.807, 2.05) is 121 Å². The summed E-state index contributed by atoms with van der Waals surface area (Å²) >= 11 is 3.29. The third-order valence-corrected chi connectivity index (χ3v) is 23.0. The molecule has 0 saturated carbocycles. The van der Waals surface area contributed by atoms with Crippen molar-refractivity contribution in [1.82, 2.24) is 18.3 Å². The average molecular weight is 2030 g/mol. The topological polar surface area (TPSA) is 425 Å². The number of hydrogen-bond acceptors (Lipinski definition) is 17. The first-order valence-corrected chi connectivity index (χ1v) is 47.5. The third-order valence-electron chi connectivity index (χ3n) is 22.5. The zero-order valence-electron chi connectivity index (χ0n) is 82.1. The number of amides is 4. The van der Waals surface area contributed by atoms with Crippen molar-refractivity contribution in [3.8, 4) is 33.4 Å². The fraction of sp³-hybridized carbons (Fsp3) is 0.171. The Balaban J connectivity index is 0.000000175. The fourth-order valence-electron chi connectivity index (χ4n) is 15.2. The Morgan fingerprint density at radius 1 is 0.320 bits per heavy atom. The van der Waals surface area contributed by atoms with Crippen molar-refractivity contribution in [2.45, 2.75) is 129 Å². The van der Waals surface area contributed by atoms with Crippen molar-refractivity contribution in [1.29, 1.82) is 10.8 Å². The van der Waals surface area contributed by atoms with Gasteiger partial charge >= 0.3 is 23.9 Å². The molecule has 4 aromatic heterocycles. The van der Waals surface area contributed by atoms with Crippen molar-refractivity contribution in [2.24, 2.45) is 11.5 Å². The number of nitrogens with one attached hydrogen (secondary N) is 6. The van der Waals surface area contributed by atoms with Crippen LogP contribution >= 0.6 is 15.9 Å². The number of esters is 3. The summed E-state index contributed by atoms with van der Waals surface area (Å²) < 4.78 is 22.5. The molecular formula is C117H110BrN13O16. The SMILES string of the molecule is CC(C)(C)OC(=O)c1ccc(NC(=O)C(Cc2ccccc2)n2ccc(-c3ccc(C(=N)N)cc3)cc2=O)cc1.CC(C)(C)OC(=O)c1ccc(NC(=O)C(Cc2ccccc2)n2ccc(Br)cc2=O)cc1.N=C(N)c1ccc(-c2ccn(C(Cc3ccccc3)C(=O)Nc3ccc(C(=O)O)cc3)c(=O)c2)cc1.[C-]#[N+]c1ccc(-c2ccn(C(Cc3ccccc3)C(=O)Nc3ccc(C(=O)OC(C)(C)C)cc3)c(=O)c2)cc1. The molecule has 0 aliphatic carbocycles. The Hall–Kier alpha value is -18.1. The highest BCUT2D eigenvalue weighted by molar-refractivity contribution is 9.10. The van der Waals surface area contributed by atoms with Crippen LogP contribution in [-0.4, -0.2) is 99.4 Å². The largest absolute Gasteiger partial charge is 0.478 e. The molecule has 0 aliphatic rings. The number of nitrogens with zero attached hydrogens (tertiary/aromatic N) is 5. The Morgan fingerprint density at radius 2 is 0.544 bits per heavy atom. The number of amidine groups is 2. The Labute approximate surface area is 857 Å². The number of nitrogen functional groups attached to an aromatic ring is 2. The Bertz CT molecular complexity index is 7530. The first-order chi connectivity index (χ1) is 70.1. The number of pyridine rings is 4. The number of ether oxygens (including phenoxy) is 3. The minimum Gasteiger partial charge on any atom is -0.478 e. The summed E-state index contributed by atoms with van der Waals surface area (Å²) in [5, 5.41) is 35.6. The maximum atomic E-state index is 13.5. The quantitative estimate of drug-likeness (QED) is 0.00691. The van der Waals surface area contributed by atoms with E-state index in [0.717, 1.165) is 38.9 Å². The molecule has 4 atom stereocenters. The zero-order valence-corrected chi connectivity index (χ0v) is 83.7. The predicted molar refractivity (Wildman–Crippen MR) is 575 cm³/mol. The predicted octanol–water partition coefficient (Wildman–Crippen LogP) is 20.5. The second-order valence-electron chi connectivity index (χ2n) is 37.1. The van der Waals surface area contributed by atoms with Crippen molar-refractivity contribution in [2.75, 3.05) is 21.3 Å². The summed E-state index contributed by atoms with van der Waals surface area (Å²) in [6.07, 6.45) is 7.69. The summed E-state index contributed by atoms with van der Waals surface area (Å²) in [4.78, 5) is 157. The van der Waals surface area contributed by atoms with Crippen LogP contribution in [0.2, 0.25) is 0 Å². The number of rotatable bonds is 29. The standard InChI is InChI=1S/C32H32N4O4.C32H29N3O4.C28H24N4O4.C25H25BrN2O4/c1-32(2,3)40-31(39)24-13-15-26(16-14-24)35-30(38)27(19-21-7-5-4-6-8-21)36-18-17-25(20-28(36)37)22-9-11-23(12-10-22)29(33)34;1-32(2,3)39-31(38)24-12-16-27(17-13-24)34-30(37)28(20-22-8-6-5-7-9-22)35-19-18-25(21-29(35)36)23-10-14-26(33-4)15-11-23;29-26(30)20-8-6-19(7-9-20)22-14-15-32(25(33)17-22)24(16-18-4-2-1-3-5-18)27(34)31-23-12-10-21(11-13-23)28(35)36;1-25(2,3)32-24(31)18-9-11-20(12-10-18)27-23(30)21(15-17-7-5-4-6-8-17)28-14-13-19(26)16-22(28)29/h4-18,20,27H,19H2,1-3H3,(H3,33,34)(H,35,38);5-19,21,28H,20H2,1-3H3,(H,34,37);1-15,17,24H,16H2,(H3,29,30)(H,31,34)(H,35,36);4-14,16,21H,15H2,1-3H3,(H,27,30). The zero-order chi connectivity index (χ0) is 106. The number of aromatic nitrogens is 4. The van der Waals surface area contributed by atoms with Gasteiger partial charge in [-0.2, -0.15) is 0 Å². The maximum absolute atomic E-state index is 13.5. The molecular weight excluding hydrogens is 1920 g/mol. The molecule has 4 amide bonds. The maximum Gasteiger partial charge on any atom is 0.338 e. The summed E-state index contributed by atoms with van der Waals surface area (Å²) in [7, 11) is 0. The monoisotopic (exact) mass is 2030 g/mol. The summed E-state index contributed by atoms with van der Waals surface area (Å²) in [6.45, 7) is 23.3. The number of nitrogens with two attached hydrogens (primary N) is 2. The molecule has 0 fully saturated rings. The number of halogens is 1.